The van der Waals surface area contributed by atoms with E-state index in [0.717, 1.165) is 33.3 Å². The minimum Gasteiger partial charge on any atom is -0.470 e. The van der Waals surface area contributed by atoms with Crippen LogP contribution in [0.2, 0.25) is 0 Å². The Balaban J connectivity index is 1.96. The second-order valence-corrected chi connectivity index (χ2v) is 5.10. The summed E-state index contributed by atoms with van der Waals surface area (Å²) in [6, 6.07) is 8.27. The number of pyridine rings is 1. The Hall–Kier alpha value is -2.95. The van der Waals surface area contributed by atoms with E-state index in [9.17, 15) is 4.39 Å². The molecule has 0 N–H and O–H groups in total. The summed E-state index contributed by atoms with van der Waals surface area (Å²) in [5.41, 5.74) is 4.42. The number of halogens is 1. The van der Waals surface area contributed by atoms with Crippen molar-refractivity contribution in [1.82, 2.24) is 14.8 Å². The largest absolute Gasteiger partial charge is 0.470 e. The molecule has 108 valence electrons. The van der Waals surface area contributed by atoms with Gasteiger partial charge in [0.05, 0.1) is 0 Å². The highest BCUT2D eigenvalue weighted by atomic mass is 19.1. The third-order valence-electron chi connectivity index (χ3n) is 3.62. The van der Waals surface area contributed by atoms with Gasteiger partial charge in [0.2, 0.25) is 0 Å². The molecule has 0 amide bonds. The minimum absolute atomic E-state index is 0.262. The van der Waals surface area contributed by atoms with Crippen molar-refractivity contribution in [3.8, 4) is 22.4 Å². The van der Waals surface area contributed by atoms with E-state index in [2.05, 4.69) is 10.1 Å². The van der Waals surface area contributed by atoms with E-state index < -0.39 is 0 Å². The molecular weight excluding hydrogens is 281 g/mol. The molecule has 0 aliphatic heterocycles. The summed E-state index contributed by atoms with van der Waals surface area (Å²) in [4.78, 5) is 4.28. The van der Waals surface area contributed by atoms with Crippen LogP contribution in [0, 0.1) is 5.82 Å². The molecule has 4 nitrogen and oxygen atoms in total. The van der Waals surface area contributed by atoms with Crippen molar-refractivity contribution in [2.45, 2.75) is 0 Å². The van der Waals surface area contributed by atoms with Crippen LogP contribution in [0.15, 0.2) is 59.7 Å². The first-order valence-electron chi connectivity index (χ1n) is 6.83. The lowest BCUT2D eigenvalue weighted by atomic mass is 10.0. The van der Waals surface area contributed by atoms with E-state index in [1.807, 2.05) is 19.3 Å². The van der Waals surface area contributed by atoms with Gasteiger partial charge in [0.1, 0.15) is 29.6 Å². The van der Waals surface area contributed by atoms with Gasteiger partial charge >= 0.3 is 0 Å². The van der Waals surface area contributed by atoms with E-state index in [1.165, 1.54) is 12.1 Å². The third kappa shape index (κ3) is 1.98. The van der Waals surface area contributed by atoms with Crippen molar-refractivity contribution in [3.63, 3.8) is 0 Å². The summed E-state index contributed by atoms with van der Waals surface area (Å²) in [7, 11) is 1.87. The normalized spacial score (nSPS) is 11.2. The molecule has 0 bridgehead atoms. The van der Waals surface area contributed by atoms with E-state index in [0.29, 0.717) is 0 Å². The number of benzene rings is 1. The molecule has 5 heteroatoms. The maximum Gasteiger partial charge on any atom is 0.123 e. The fraction of sp³-hybridized carbons (Fsp3) is 0.0588. The van der Waals surface area contributed by atoms with Crippen LogP contribution >= 0.6 is 0 Å². The lowest BCUT2D eigenvalue weighted by Gasteiger charge is -2.04. The van der Waals surface area contributed by atoms with Gasteiger partial charge in [-0.25, -0.2) is 4.39 Å². The van der Waals surface area contributed by atoms with Crippen LogP contribution in [0.25, 0.3) is 33.3 Å². The minimum atomic E-state index is -0.262. The van der Waals surface area contributed by atoms with Crippen LogP contribution in [0.5, 0.6) is 0 Å². The van der Waals surface area contributed by atoms with Crippen LogP contribution in [0.4, 0.5) is 4.39 Å². The van der Waals surface area contributed by atoms with Gasteiger partial charge in [-0.15, -0.1) is 0 Å². The quantitative estimate of drug-likeness (QED) is 0.560. The maximum atomic E-state index is 13.2. The molecule has 0 aliphatic rings. The Morgan fingerprint density at radius 2 is 1.86 bits per heavy atom. The molecule has 0 saturated heterocycles. The standard InChI is InChI=1S/C17H12FN3O/c1-21-8-14(13-6-7-19-16-10-22-9-15(13)16)17(20-21)11-2-4-12(18)5-3-11/h2-10H,1H3. The average molecular weight is 293 g/mol. The van der Waals surface area contributed by atoms with E-state index in [-0.39, 0.29) is 5.82 Å². The van der Waals surface area contributed by atoms with E-state index in [1.54, 1.807) is 35.5 Å². The van der Waals surface area contributed by atoms with Crippen molar-refractivity contribution in [1.29, 1.82) is 0 Å². The molecule has 0 fully saturated rings. The number of hydrogen-bond donors (Lipinski definition) is 0. The number of aryl methyl sites for hydroxylation is 1. The summed E-state index contributed by atoms with van der Waals surface area (Å²) >= 11 is 0. The predicted octanol–water partition coefficient (Wildman–Crippen LogP) is 4.03. The Morgan fingerprint density at radius 3 is 2.68 bits per heavy atom. The number of nitrogens with zero attached hydrogens (tertiary/aromatic N) is 3. The SMILES string of the molecule is Cn1cc(-c2ccnc3cocc23)c(-c2ccc(F)cc2)n1. The van der Waals surface area contributed by atoms with Crippen molar-refractivity contribution >= 4 is 10.9 Å². The van der Waals surface area contributed by atoms with Crippen molar-refractivity contribution in [3.05, 3.63) is 61.1 Å². The molecule has 3 aromatic heterocycles. The van der Waals surface area contributed by atoms with E-state index >= 15 is 0 Å². The molecule has 0 spiro atoms. The van der Waals surface area contributed by atoms with Gasteiger partial charge in [-0.1, -0.05) is 0 Å². The van der Waals surface area contributed by atoms with Gasteiger partial charge in [0, 0.05) is 36.0 Å². The fourth-order valence-electron chi connectivity index (χ4n) is 2.62. The molecule has 0 atom stereocenters. The topological polar surface area (TPSA) is 43.9 Å². The first-order valence-corrected chi connectivity index (χ1v) is 6.83. The summed E-state index contributed by atoms with van der Waals surface area (Å²) in [6.45, 7) is 0. The first-order chi connectivity index (χ1) is 10.7. The molecular formula is C17H12FN3O. The lowest BCUT2D eigenvalue weighted by Crippen LogP contribution is -1.88. The Labute approximate surface area is 125 Å². The molecule has 4 aromatic rings. The Kier molecular flexibility index (Phi) is 2.79. The van der Waals surface area contributed by atoms with Crippen molar-refractivity contribution in [2.75, 3.05) is 0 Å². The van der Waals surface area contributed by atoms with Gasteiger partial charge < -0.3 is 4.42 Å². The first kappa shape index (κ1) is 12.8. The monoisotopic (exact) mass is 293 g/mol. The zero-order valence-electron chi connectivity index (χ0n) is 11.8. The highest BCUT2D eigenvalue weighted by Crippen LogP contribution is 2.34. The molecule has 0 aliphatic carbocycles. The van der Waals surface area contributed by atoms with Gasteiger partial charge in [-0.3, -0.25) is 9.67 Å². The van der Waals surface area contributed by atoms with Crippen LogP contribution in [-0.2, 0) is 7.05 Å². The zero-order valence-corrected chi connectivity index (χ0v) is 11.8. The predicted molar refractivity (Wildman–Crippen MR) is 81.6 cm³/mol. The summed E-state index contributed by atoms with van der Waals surface area (Å²) in [6.07, 6.45) is 6.99. The molecule has 3 heterocycles. The molecule has 0 radical (unpaired) electrons. The number of aromatic nitrogens is 3. The average Bonchev–Trinajstić information content (AvgIpc) is 3.14. The summed E-state index contributed by atoms with van der Waals surface area (Å²) in [5.74, 6) is -0.262. The van der Waals surface area contributed by atoms with Gasteiger partial charge in [0.15, 0.2) is 0 Å². The molecule has 0 saturated carbocycles. The number of furan rings is 1. The summed E-state index contributed by atoms with van der Waals surface area (Å²) in [5, 5.41) is 5.45. The Bertz CT molecular complexity index is 954. The van der Waals surface area contributed by atoms with Gasteiger partial charge in [-0.2, -0.15) is 5.10 Å². The van der Waals surface area contributed by atoms with Crippen molar-refractivity contribution < 1.29 is 8.81 Å². The number of hydrogen-bond acceptors (Lipinski definition) is 3. The highest BCUT2D eigenvalue weighted by Gasteiger charge is 2.15. The Morgan fingerprint density at radius 1 is 1.05 bits per heavy atom. The highest BCUT2D eigenvalue weighted by molar-refractivity contribution is 5.97. The van der Waals surface area contributed by atoms with Crippen LogP contribution in [0.3, 0.4) is 0 Å². The number of rotatable bonds is 2. The summed E-state index contributed by atoms with van der Waals surface area (Å²) < 4.78 is 20.2. The second kappa shape index (κ2) is 4.80. The second-order valence-electron chi connectivity index (χ2n) is 5.10. The third-order valence-corrected chi connectivity index (χ3v) is 3.62. The van der Waals surface area contributed by atoms with Gasteiger partial charge in [0.25, 0.3) is 0 Å². The van der Waals surface area contributed by atoms with E-state index in [4.69, 9.17) is 4.42 Å². The zero-order chi connectivity index (χ0) is 15.1. The smallest absolute Gasteiger partial charge is 0.123 e. The maximum absolute atomic E-state index is 13.2. The molecule has 0 unspecified atom stereocenters. The van der Waals surface area contributed by atoms with Crippen molar-refractivity contribution in [2.24, 2.45) is 7.05 Å². The van der Waals surface area contributed by atoms with Crippen LogP contribution in [0.1, 0.15) is 0 Å². The molecule has 1 aromatic carbocycles. The van der Waals surface area contributed by atoms with Crippen LogP contribution < -0.4 is 0 Å². The van der Waals surface area contributed by atoms with Gasteiger partial charge in [-0.05, 0) is 35.9 Å². The fourth-order valence-corrected chi connectivity index (χ4v) is 2.62. The van der Waals surface area contributed by atoms with Crippen LogP contribution in [-0.4, -0.2) is 14.8 Å². The molecule has 4 rings (SSSR count). The lowest BCUT2D eigenvalue weighted by molar-refractivity contribution is 0.572. The molecule has 22 heavy (non-hydrogen) atoms. The number of fused-ring (bicyclic) bond motifs is 1.